The van der Waals surface area contributed by atoms with Crippen molar-refractivity contribution in [1.82, 2.24) is 10.1 Å². The van der Waals surface area contributed by atoms with E-state index in [1.807, 2.05) is 0 Å². The minimum absolute atomic E-state index is 0.296. The quantitative estimate of drug-likeness (QED) is 0.771. The maximum atomic E-state index is 5.78. The number of hydrogen-bond donors (Lipinski definition) is 1. The lowest BCUT2D eigenvalue weighted by Gasteiger charge is -1.99. The van der Waals surface area contributed by atoms with E-state index in [-0.39, 0.29) is 6.04 Å². The van der Waals surface area contributed by atoms with E-state index in [2.05, 4.69) is 16.7 Å². The molecule has 5 heteroatoms. The van der Waals surface area contributed by atoms with Crippen molar-refractivity contribution in [3.63, 3.8) is 0 Å². The second kappa shape index (κ2) is 4.10. The van der Waals surface area contributed by atoms with Crippen molar-refractivity contribution in [2.45, 2.75) is 12.5 Å². The molecular weight excluding hydrogens is 194 g/mol. The Balaban J connectivity index is 2.20. The lowest BCUT2D eigenvalue weighted by Crippen LogP contribution is -2.09. The lowest BCUT2D eigenvalue weighted by atomic mass is 10.2. The van der Waals surface area contributed by atoms with Crippen LogP contribution >= 0.6 is 0 Å². The topological polar surface area (TPSA) is 78.1 Å². The Morgan fingerprint density at radius 2 is 2.47 bits per heavy atom. The molecule has 1 atom stereocenters. The molecule has 0 spiro atoms. The van der Waals surface area contributed by atoms with Crippen molar-refractivity contribution in [3.05, 3.63) is 37.1 Å². The van der Waals surface area contributed by atoms with Gasteiger partial charge in [0.2, 0.25) is 11.7 Å². The van der Waals surface area contributed by atoms with Gasteiger partial charge in [-0.25, -0.2) is 0 Å². The molecule has 0 aliphatic rings. The van der Waals surface area contributed by atoms with E-state index in [0.717, 1.165) is 5.56 Å². The van der Waals surface area contributed by atoms with Crippen molar-refractivity contribution < 1.29 is 8.94 Å². The van der Waals surface area contributed by atoms with Crippen molar-refractivity contribution in [1.29, 1.82) is 0 Å². The van der Waals surface area contributed by atoms with Gasteiger partial charge in [-0.05, 0) is 12.5 Å². The number of hydrogen-bond acceptors (Lipinski definition) is 5. The highest BCUT2D eigenvalue weighted by atomic mass is 16.5. The molecule has 15 heavy (non-hydrogen) atoms. The molecule has 0 saturated heterocycles. The molecule has 0 bridgehead atoms. The Morgan fingerprint density at radius 3 is 3.13 bits per heavy atom. The molecule has 5 nitrogen and oxygen atoms in total. The van der Waals surface area contributed by atoms with E-state index >= 15 is 0 Å². The van der Waals surface area contributed by atoms with Gasteiger partial charge >= 0.3 is 0 Å². The Kier molecular flexibility index (Phi) is 2.64. The van der Waals surface area contributed by atoms with E-state index in [9.17, 15) is 0 Å². The molecule has 0 fully saturated rings. The van der Waals surface area contributed by atoms with Gasteiger partial charge in [-0.15, -0.1) is 6.58 Å². The first-order valence-electron chi connectivity index (χ1n) is 4.54. The SMILES string of the molecule is C=CCC(N)c1nc(-c2ccoc2)no1. The van der Waals surface area contributed by atoms with Crippen LogP contribution in [0.3, 0.4) is 0 Å². The van der Waals surface area contributed by atoms with Crippen molar-refractivity contribution in [2.24, 2.45) is 5.73 Å². The predicted molar refractivity (Wildman–Crippen MR) is 53.7 cm³/mol. The van der Waals surface area contributed by atoms with Crippen molar-refractivity contribution >= 4 is 0 Å². The molecule has 0 aromatic carbocycles. The Labute approximate surface area is 86.6 Å². The molecule has 0 radical (unpaired) electrons. The average molecular weight is 205 g/mol. The molecule has 2 heterocycles. The van der Waals surface area contributed by atoms with Crippen molar-refractivity contribution in [3.8, 4) is 11.4 Å². The molecular formula is C10H11N3O2. The number of furan rings is 1. The normalized spacial score (nSPS) is 12.6. The van der Waals surface area contributed by atoms with E-state index in [1.54, 1.807) is 24.7 Å². The summed E-state index contributed by atoms with van der Waals surface area (Å²) in [5.41, 5.74) is 6.56. The summed E-state index contributed by atoms with van der Waals surface area (Å²) in [4.78, 5) is 4.16. The van der Waals surface area contributed by atoms with E-state index in [4.69, 9.17) is 14.7 Å². The standard InChI is InChI=1S/C10H11N3O2/c1-2-3-8(11)10-12-9(13-15-10)7-4-5-14-6-7/h2,4-6,8H,1,3,11H2. The van der Waals surface area contributed by atoms with Gasteiger partial charge in [0.25, 0.3) is 0 Å². The van der Waals surface area contributed by atoms with E-state index < -0.39 is 0 Å². The number of nitrogens with two attached hydrogens (primary N) is 1. The summed E-state index contributed by atoms with van der Waals surface area (Å²) in [7, 11) is 0. The Bertz CT molecular complexity index is 433. The highest BCUT2D eigenvalue weighted by Crippen LogP contribution is 2.19. The predicted octanol–water partition coefficient (Wildman–Crippen LogP) is 1.91. The van der Waals surface area contributed by atoms with Crippen LogP contribution in [-0.4, -0.2) is 10.1 Å². The monoisotopic (exact) mass is 205 g/mol. The van der Waals surface area contributed by atoms with Crippen LogP contribution in [-0.2, 0) is 0 Å². The van der Waals surface area contributed by atoms with E-state index in [1.165, 1.54) is 0 Å². The largest absolute Gasteiger partial charge is 0.472 e. The highest BCUT2D eigenvalue weighted by Gasteiger charge is 2.14. The van der Waals surface area contributed by atoms with Gasteiger partial charge in [-0.2, -0.15) is 4.98 Å². The van der Waals surface area contributed by atoms with Crippen LogP contribution in [0.2, 0.25) is 0 Å². The molecule has 0 amide bonds. The van der Waals surface area contributed by atoms with Crippen LogP contribution in [0.15, 0.2) is 40.2 Å². The van der Waals surface area contributed by atoms with E-state index in [0.29, 0.717) is 18.1 Å². The van der Waals surface area contributed by atoms with Crippen LogP contribution in [0.1, 0.15) is 18.4 Å². The summed E-state index contributed by atoms with van der Waals surface area (Å²) >= 11 is 0. The molecule has 0 saturated carbocycles. The third-order valence-corrected chi connectivity index (χ3v) is 1.96. The number of aromatic nitrogens is 2. The fourth-order valence-corrected chi connectivity index (χ4v) is 1.18. The van der Waals surface area contributed by atoms with Gasteiger partial charge in [-0.3, -0.25) is 0 Å². The third-order valence-electron chi connectivity index (χ3n) is 1.96. The smallest absolute Gasteiger partial charge is 0.244 e. The summed E-state index contributed by atoms with van der Waals surface area (Å²) in [5.74, 6) is 0.893. The maximum Gasteiger partial charge on any atom is 0.244 e. The van der Waals surface area contributed by atoms with Crippen LogP contribution in [0.25, 0.3) is 11.4 Å². The fourth-order valence-electron chi connectivity index (χ4n) is 1.18. The molecule has 78 valence electrons. The molecule has 2 aromatic heterocycles. The maximum absolute atomic E-state index is 5.78. The molecule has 2 aromatic rings. The van der Waals surface area contributed by atoms with Crippen molar-refractivity contribution in [2.75, 3.05) is 0 Å². The molecule has 2 rings (SSSR count). The molecule has 2 N–H and O–H groups in total. The summed E-state index contributed by atoms with van der Waals surface area (Å²) in [5, 5.41) is 3.80. The van der Waals surface area contributed by atoms with Gasteiger partial charge < -0.3 is 14.7 Å². The van der Waals surface area contributed by atoms with Crippen LogP contribution < -0.4 is 5.73 Å². The first-order chi connectivity index (χ1) is 7.31. The van der Waals surface area contributed by atoms with Gasteiger partial charge in [0.1, 0.15) is 6.26 Å². The summed E-state index contributed by atoms with van der Waals surface area (Å²) in [6.45, 7) is 3.60. The second-order valence-corrected chi connectivity index (χ2v) is 3.10. The highest BCUT2D eigenvalue weighted by molar-refractivity contribution is 5.51. The number of rotatable bonds is 4. The first kappa shape index (κ1) is 9.67. The summed E-state index contributed by atoms with van der Waals surface area (Å²) in [6, 6.07) is 1.46. The zero-order valence-electron chi connectivity index (χ0n) is 8.09. The number of nitrogens with zero attached hydrogens (tertiary/aromatic N) is 2. The van der Waals surface area contributed by atoms with Gasteiger partial charge in [-0.1, -0.05) is 11.2 Å². The zero-order valence-corrected chi connectivity index (χ0v) is 8.09. The lowest BCUT2D eigenvalue weighted by molar-refractivity contribution is 0.356. The van der Waals surface area contributed by atoms with Crippen LogP contribution in [0.5, 0.6) is 0 Å². The van der Waals surface area contributed by atoms with Gasteiger partial charge in [0.05, 0.1) is 17.9 Å². The average Bonchev–Trinajstić information content (AvgIpc) is 2.89. The second-order valence-electron chi connectivity index (χ2n) is 3.10. The van der Waals surface area contributed by atoms with Gasteiger partial charge in [0, 0.05) is 0 Å². The Hall–Kier alpha value is -1.88. The minimum Gasteiger partial charge on any atom is -0.472 e. The molecule has 1 unspecified atom stereocenters. The molecule has 0 aliphatic heterocycles. The summed E-state index contributed by atoms with van der Waals surface area (Å²) < 4.78 is 9.94. The first-order valence-corrected chi connectivity index (χ1v) is 4.54. The summed E-state index contributed by atoms with van der Waals surface area (Å²) in [6.07, 6.45) is 5.42. The fraction of sp³-hybridized carbons (Fsp3) is 0.200. The van der Waals surface area contributed by atoms with Gasteiger partial charge in [0.15, 0.2) is 0 Å². The minimum atomic E-state index is -0.296. The van der Waals surface area contributed by atoms with Crippen LogP contribution in [0.4, 0.5) is 0 Å². The zero-order chi connectivity index (χ0) is 10.7. The third kappa shape index (κ3) is 1.97. The Morgan fingerprint density at radius 1 is 1.60 bits per heavy atom. The molecule has 0 aliphatic carbocycles. The van der Waals surface area contributed by atoms with Crippen LogP contribution in [0, 0.1) is 0 Å².